The fourth-order valence-electron chi connectivity index (χ4n) is 2.21. The molecule has 1 N–H and O–H groups in total. The molecule has 0 fully saturated rings. The zero-order chi connectivity index (χ0) is 20.0. The second-order valence-corrected chi connectivity index (χ2v) is 7.53. The molecular formula is C19H15ClN2O5S. The zero-order valence-corrected chi connectivity index (χ0v) is 16.0. The van der Waals surface area contributed by atoms with Crippen molar-refractivity contribution in [3.63, 3.8) is 0 Å². The number of halogens is 1. The first-order valence-corrected chi connectivity index (χ1v) is 9.84. The molecule has 1 aromatic heterocycles. The van der Waals surface area contributed by atoms with Crippen molar-refractivity contribution in [1.82, 2.24) is 4.98 Å². The van der Waals surface area contributed by atoms with Crippen LogP contribution >= 0.6 is 11.6 Å². The lowest BCUT2D eigenvalue weighted by Gasteiger charge is -2.11. The molecule has 1 amide bonds. The number of amides is 1. The molecule has 7 nitrogen and oxygen atoms in total. The number of nitrogens with zero attached hydrogens (tertiary/aromatic N) is 1. The predicted molar refractivity (Wildman–Crippen MR) is 104 cm³/mol. The average molecular weight is 419 g/mol. The minimum absolute atomic E-state index is 0.00849. The first-order chi connectivity index (χ1) is 13.4. The third kappa shape index (κ3) is 5.45. The summed E-state index contributed by atoms with van der Waals surface area (Å²) in [6.45, 7) is -0.298. The molecule has 1 heterocycles. The molecule has 0 saturated carbocycles. The summed E-state index contributed by atoms with van der Waals surface area (Å²) in [4.78, 5) is 15.8. The summed E-state index contributed by atoms with van der Waals surface area (Å²) in [6.07, 6.45) is 3.09. The highest BCUT2D eigenvalue weighted by atomic mass is 35.5. The highest BCUT2D eigenvalue weighted by Gasteiger charge is 2.17. The third-order valence-electron chi connectivity index (χ3n) is 3.42. The Morgan fingerprint density at radius 1 is 1.00 bits per heavy atom. The van der Waals surface area contributed by atoms with Gasteiger partial charge in [-0.2, -0.15) is 8.42 Å². The summed E-state index contributed by atoms with van der Waals surface area (Å²) in [5.74, 6) is -0.234. The Morgan fingerprint density at radius 3 is 2.39 bits per heavy atom. The summed E-state index contributed by atoms with van der Waals surface area (Å²) in [5, 5.41) is 2.84. The van der Waals surface area contributed by atoms with Crippen molar-refractivity contribution in [3.8, 4) is 11.5 Å². The fourth-order valence-corrected chi connectivity index (χ4v) is 3.36. The Hall–Kier alpha value is -3.10. The van der Waals surface area contributed by atoms with Crippen LogP contribution in [0.15, 0.2) is 78.0 Å². The molecule has 3 rings (SSSR count). The van der Waals surface area contributed by atoms with Crippen molar-refractivity contribution < 1.29 is 22.1 Å². The normalized spacial score (nSPS) is 10.9. The van der Waals surface area contributed by atoms with Gasteiger partial charge in [0.2, 0.25) is 0 Å². The van der Waals surface area contributed by atoms with E-state index >= 15 is 0 Å². The number of anilines is 1. The lowest BCUT2D eigenvalue weighted by molar-refractivity contribution is -0.118. The summed E-state index contributed by atoms with van der Waals surface area (Å²) >= 11 is 6.01. The number of hydrogen-bond donors (Lipinski definition) is 1. The van der Waals surface area contributed by atoms with Gasteiger partial charge in [0.25, 0.3) is 5.91 Å². The third-order valence-corrected chi connectivity index (χ3v) is 4.90. The average Bonchev–Trinajstić information content (AvgIpc) is 2.67. The second kappa shape index (κ2) is 8.73. The highest BCUT2D eigenvalue weighted by Crippen LogP contribution is 2.28. The van der Waals surface area contributed by atoms with Crippen molar-refractivity contribution in [2.75, 3.05) is 11.9 Å². The van der Waals surface area contributed by atoms with Crippen LogP contribution in [0.5, 0.6) is 11.5 Å². The van der Waals surface area contributed by atoms with E-state index in [-0.39, 0.29) is 28.0 Å². The van der Waals surface area contributed by atoms with Crippen LogP contribution in [0.3, 0.4) is 0 Å². The van der Waals surface area contributed by atoms with Crippen molar-refractivity contribution >= 4 is 33.3 Å². The molecule has 0 aliphatic heterocycles. The number of carbonyl (C=O) groups excluding carboxylic acids is 1. The van der Waals surface area contributed by atoms with Crippen molar-refractivity contribution in [2.24, 2.45) is 0 Å². The fraction of sp³-hybridized carbons (Fsp3) is 0.0526. The van der Waals surface area contributed by atoms with E-state index in [0.29, 0.717) is 5.69 Å². The maximum Gasteiger partial charge on any atom is 0.339 e. The van der Waals surface area contributed by atoms with Crippen LogP contribution in [0.2, 0.25) is 5.02 Å². The van der Waals surface area contributed by atoms with Gasteiger partial charge in [-0.15, -0.1) is 0 Å². The van der Waals surface area contributed by atoms with E-state index in [2.05, 4.69) is 10.3 Å². The molecule has 0 atom stereocenters. The van der Waals surface area contributed by atoms with E-state index < -0.39 is 16.0 Å². The van der Waals surface area contributed by atoms with E-state index in [0.717, 1.165) is 0 Å². The number of pyridine rings is 1. The SMILES string of the molecule is O=C(COc1cc(Cl)cc(OS(=O)(=O)c2ccccc2)c1)Nc1ccncc1. The molecule has 0 saturated heterocycles. The Labute approximate surface area is 167 Å². The molecule has 0 aliphatic rings. The Kier molecular flexibility index (Phi) is 6.13. The molecule has 28 heavy (non-hydrogen) atoms. The predicted octanol–water partition coefficient (Wildman–Crippen LogP) is 3.52. The molecule has 2 aromatic carbocycles. The van der Waals surface area contributed by atoms with Crippen molar-refractivity contribution in [3.05, 3.63) is 78.1 Å². The van der Waals surface area contributed by atoms with Gasteiger partial charge in [0.05, 0.1) is 0 Å². The van der Waals surface area contributed by atoms with Gasteiger partial charge in [-0.3, -0.25) is 9.78 Å². The van der Waals surface area contributed by atoms with E-state index in [1.807, 2.05) is 0 Å². The largest absolute Gasteiger partial charge is 0.484 e. The first-order valence-electron chi connectivity index (χ1n) is 8.05. The van der Waals surface area contributed by atoms with Crippen molar-refractivity contribution in [2.45, 2.75) is 4.90 Å². The van der Waals surface area contributed by atoms with Crippen LogP contribution in [0.4, 0.5) is 5.69 Å². The molecule has 0 aliphatic carbocycles. The van der Waals surface area contributed by atoms with Crippen LogP contribution in [0.1, 0.15) is 0 Å². The molecule has 3 aromatic rings. The highest BCUT2D eigenvalue weighted by molar-refractivity contribution is 7.87. The van der Waals surface area contributed by atoms with Crippen molar-refractivity contribution in [1.29, 1.82) is 0 Å². The number of ether oxygens (including phenoxy) is 1. The molecule has 0 radical (unpaired) electrons. The van der Waals surface area contributed by atoms with Gasteiger partial charge in [0, 0.05) is 35.2 Å². The summed E-state index contributed by atoms with van der Waals surface area (Å²) < 4.78 is 35.1. The van der Waals surface area contributed by atoms with Gasteiger partial charge < -0.3 is 14.2 Å². The van der Waals surface area contributed by atoms with E-state index in [9.17, 15) is 13.2 Å². The van der Waals surface area contributed by atoms with E-state index in [1.54, 1.807) is 42.7 Å². The van der Waals surface area contributed by atoms with Crippen LogP contribution in [-0.4, -0.2) is 25.9 Å². The maximum absolute atomic E-state index is 12.3. The number of carbonyl (C=O) groups is 1. The number of nitrogens with one attached hydrogen (secondary N) is 1. The lowest BCUT2D eigenvalue weighted by atomic mass is 10.3. The Balaban J connectivity index is 1.67. The van der Waals surface area contributed by atoms with Crippen LogP contribution in [0.25, 0.3) is 0 Å². The summed E-state index contributed by atoms with van der Waals surface area (Å²) in [5.41, 5.74) is 0.577. The maximum atomic E-state index is 12.3. The smallest absolute Gasteiger partial charge is 0.339 e. The lowest BCUT2D eigenvalue weighted by Crippen LogP contribution is -2.20. The quantitative estimate of drug-likeness (QED) is 0.590. The van der Waals surface area contributed by atoms with Gasteiger partial charge in [0.15, 0.2) is 6.61 Å². The molecule has 0 unspecified atom stereocenters. The van der Waals surface area contributed by atoms with Gasteiger partial charge in [-0.25, -0.2) is 0 Å². The molecule has 0 bridgehead atoms. The number of benzene rings is 2. The van der Waals surface area contributed by atoms with Gasteiger partial charge in [-0.1, -0.05) is 29.8 Å². The van der Waals surface area contributed by atoms with E-state index in [1.165, 1.54) is 30.3 Å². The van der Waals surface area contributed by atoms with Crippen LogP contribution in [0, 0.1) is 0 Å². The molecule has 0 spiro atoms. The minimum Gasteiger partial charge on any atom is -0.484 e. The van der Waals surface area contributed by atoms with E-state index in [4.69, 9.17) is 20.5 Å². The summed E-state index contributed by atoms with van der Waals surface area (Å²) in [6, 6.07) is 15.1. The first kappa shape index (κ1) is 19.7. The standard InChI is InChI=1S/C19H15ClN2O5S/c20-14-10-16(26-13-19(23)22-15-6-8-21-9-7-15)12-17(11-14)27-28(24,25)18-4-2-1-3-5-18/h1-12H,13H2,(H,21,22,23). The van der Waals surface area contributed by atoms with Gasteiger partial charge in [-0.05, 0) is 30.3 Å². The number of hydrogen-bond acceptors (Lipinski definition) is 6. The zero-order valence-electron chi connectivity index (χ0n) is 14.4. The van der Waals surface area contributed by atoms with Crippen LogP contribution < -0.4 is 14.2 Å². The molecule has 9 heteroatoms. The summed E-state index contributed by atoms with van der Waals surface area (Å²) in [7, 11) is -4.02. The Morgan fingerprint density at radius 2 is 1.68 bits per heavy atom. The minimum atomic E-state index is -4.02. The molecular weight excluding hydrogens is 404 g/mol. The number of rotatable bonds is 7. The van der Waals surface area contributed by atoms with Crippen LogP contribution in [-0.2, 0) is 14.9 Å². The Bertz CT molecular complexity index is 1060. The van der Waals surface area contributed by atoms with Gasteiger partial charge >= 0.3 is 10.1 Å². The monoisotopic (exact) mass is 418 g/mol. The second-order valence-electron chi connectivity index (χ2n) is 5.55. The molecule has 144 valence electrons. The topological polar surface area (TPSA) is 94.6 Å². The number of aromatic nitrogens is 1. The van der Waals surface area contributed by atoms with Gasteiger partial charge in [0.1, 0.15) is 16.4 Å².